The largest absolute Gasteiger partial charge is 0.476 e. The van der Waals surface area contributed by atoms with Crippen LogP contribution < -0.4 is 10.1 Å². The Morgan fingerprint density at radius 2 is 1.80 bits per heavy atom. The van der Waals surface area contributed by atoms with Crippen LogP contribution in [0.3, 0.4) is 0 Å². The zero-order valence-electron chi connectivity index (χ0n) is 17.7. The van der Waals surface area contributed by atoms with E-state index in [0.29, 0.717) is 18.4 Å². The summed E-state index contributed by atoms with van der Waals surface area (Å²) in [6.07, 6.45) is 7.60. The summed E-state index contributed by atoms with van der Waals surface area (Å²) in [5.74, 6) is 1.15. The van der Waals surface area contributed by atoms with Gasteiger partial charge in [0.05, 0.1) is 18.5 Å². The molecule has 0 unspecified atom stereocenters. The lowest BCUT2D eigenvalue weighted by Gasteiger charge is -2.22. The standard InChI is InChI=1S/C24H29N5O/c1-29(2)16-18-5-7-20(8-6-18)24-23(21-4-3-11-26-14-21)27-15-22(28-24)30-17-19-9-12-25-13-10-19/h3-8,11,14-15,19,25H,9-10,12-13,16-17H2,1-2H3. The molecule has 3 heterocycles. The first-order valence-corrected chi connectivity index (χ1v) is 10.5. The maximum Gasteiger partial charge on any atom is 0.232 e. The first-order valence-electron chi connectivity index (χ1n) is 10.5. The third-order valence-corrected chi connectivity index (χ3v) is 5.34. The second kappa shape index (κ2) is 9.78. The van der Waals surface area contributed by atoms with Crippen molar-refractivity contribution in [1.82, 2.24) is 25.2 Å². The monoisotopic (exact) mass is 403 g/mol. The van der Waals surface area contributed by atoms with E-state index in [-0.39, 0.29) is 0 Å². The molecule has 0 spiro atoms. The summed E-state index contributed by atoms with van der Waals surface area (Å²) in [5, 5.41) is 3.39. The highest BCUT2D eigenvalue weighted by atomic mass is 16.5. The number of nitrogens with one attached hydrogen (secondary N) is 1. The number of nitrogens with zero attached hydrogens (tertiary/aromatic N) is 4. The summed E-state index contributed by atoms with van der Waals surface area (Å²) < 4.78 is 6.05. The molecule has 3 aromatic rings. The third-order valence-electron chi connectivity index (χ3n) is 5.34. The van der Waals surface area contributed by atoms with Crippen molar-refractivity contribution in [2.45, 2.75) is 19.4 Å². The molecule has 0 saturated carbocycles. The van der Waals surface area contributed by atoms with Gasteiger partial charge in [0.1, 0.15) is 5.69 Å². The van der Waals surface area contributed by atoms with Gasteiger partial charge in [-0.1, -0.05) is 24.3 Å². The predicted octanol–water partition coefficient (Wildman–Crippen LogP) is 3.65. The molecule has 1 saturated heterocycles. The van der Waals surface area contributed by atoms with Crippen molar-refractivity contribution in [1.29, 1.82) is 0 Å². The number of hydrogen-bond acceptors (Lipinski definition) is 6. The normalized spacial score (nSPS) is 14.8. The van der Waals surface area contributed by atoms with Crippen LogP contribution in [0.2, 0.25) is 0 Å². The van der Waals surface area contributed by atoms with Gasteiger partial charge < -0.3 is 15.0 Å². The van der Waals surface area contributed by atoms with E-state index in [1.807, 2.05) is 18.3 Å². The summed E-state index contributed by atoms with van der Waals surface area (Å²) in [6.45, 7) is 3.71. The number of rotatable bonds is 7. The lowest BCUT2D eigenvalue weighted by atomic mass is 9.99. The van der Waals surface area contributed by atoms with Crippen LogP contribution in [0, 0.1) is 5.92 Å². The van der Waals surface area contributed by atoms with E-state index in [2.05, 4.69) is 53.6 Å². The van der Waals surface area contributed by atoms with Crippen molar-refractivity contribution in [3.63, 3.8) is 0 Å². The molecule has 0 amide bonds. The average Bonchev–Trinajstić information content (AvgIpc) is 2.79. The van der Waals surface area contributed by atoms with Gasteiger partial charge in [-0.05, 0) is 63.6 Å². The van der Waals surface area contributed by atoms with Crippen molar-refractivity contribution in [2.24, 2.45) is 5.92 Å². The summed E-state index contributed by atoms with van der Waals surface area (Å²) in [4.78, 5) is 16.0. The number of aromatic nitrogens is 3. The molecule has 1 aliphatic rings. The van der Waals surface area contributed by atoms with Crippen molar-refractivity contribution in [2.75, 3.05) is 33.8 Å². The SMILES string of the molecule is CN(C)Cc1ccc(-c2nc(OCC3CCNCC3)cnc2-c2cccnc2)cc1. The molecule has 156 valence electrons. The van der Waals surface area contributed by atoms with Gasteiger partial charge in [0.25, 0.3) is 0 Å². The second-order valence-corrected chi connectivity index (χ2v) is 8.09. The van der Waals surface area contributed by atoms with Crippen LogP contribution in [0.5, 0.6) is 5.88 Å². The molecule has 0 radical (unpaired) electrons. The molecule has 6 nitrogen and oxygen atoms in total. The van der Waals surface area contributed by atoms with Crippen LogP contribution >= 0.6 is 0 Å². The van der Waals surface area contributed by atoms with Gasteiger partial charge in [-0.15, -0.1) is 0 Å². The van der Waals surface area contributed by atoms with E-state index < -0.39 is 0 Å². The van der Waals surface area contributed by atoms with E-state index in [1.54, 1.807) is 12.4 Å². The van der Waals surface area contributed by atoms with Crippen molar-refractivity contribution in [3.05, 3.63) is 60.6 Å². The molecular formula is C24H29N5O. The number of hydrogen-bond donors (Lipinski definition) is 1. The van der Waals surface area contributed by atoms with Crippen LogP contribution in [-0.4, -0.2) is 53.6 Å². The molecule has 6 heteroatoms. The highest BCUT2D eigenvalue weighted by molar-refractivity contribution is 5.77. The van der Waals surface area contributed by atoms with E-state index in [0.717, 1.165) is 55.0 Å². The maximum absolute atomic E-state index is 6.05. The summed E-state index contributed by atoms with van der Waals surface area (Å²) >= 11 is 0. The average molecular weight is 404 g/mol. The van der Waals surface area contributed by atoms with Crippen LogP contribution in [0.25, 0.3) is 22.5 Å². The van der Waals surface area contributed by atoms with E-state index in [1.165, 1.54) is 5.56 Å². The number of benzene rings is 1. The van der Waals surface area contributed by atoms with E-state index >= 15 is 0 Å². The van der Waals surface area contributed by atoms with Gasteiger partial charge in [0.15, 0.2) is 0 Å². The predicted molar refractivity (Wildman–Crippen MR) is 119 cm³/mol. The van der Waals surface area contributed by atoms with E-state index in [9.17, 15) is 0 Å². The fourth-order valence-electron chi connectivity index (χ4n) is 3.74. The molecule has 0 atom stereocenters. The van der Waals surface area contributed by atoms with Crippen molar-refractivity contribution >= 4 is 0 Å². The lowest BCUT2D eigenvalue weighted by Crippen LogP contribution is -2.30. The minimum Gasteiger partial charge on any atom is -0.476 e. The smallest absolute Gasteiger partial charge is 0.232 e. The van der Waals surface area contributed by atoms with Gasteiger partial charge >= 0.3 is 0 Å². The molecule has 1 N–H and O–H groups in total. The van der Waals surface area contributed by atoms with Crippen LogP contribution in [0.4, 0.5) is 0 Å². The Morgan fingerprint density at radius 1 is 1.00 bits per heavy atom. The Balaban J connectivity index is 1.62. The highest BCUT2D eigenvalue weighted by Gasteiger charge is 2.16. The highest BCUT2D eigenvalue weighted by Crippen LogP contribution is 2.30. The Morgan fingerprint density at radius 3 is 2.50 bits per heavy atom. The number of ether oxygens (including phenoxy) is 1. The van der Waals surface area contributed by atoms with Gasteiger partial charge in [0.2, 0.25) is 5.88 Å². The fourth-order valence-corrected chi connectivity index (χ4v) is 3.74. The van der Waals surface area contributed by atoms with Crippen molar-refractivity contribution < 1.29 is 4.74 Å². The molecule has 1 aliphatic heterocycles. The summed E-state index contributed by atoms with van der Waals surface area (Å²) in [6, 6.07) is 12.4. The Bertz CT molecular complexity index is 938. The molecule has 30 heavy (non-hydrogen) atoms. The molecule has 0 aliphatic carbocycles. The quantitative estimate of drug-likeness (QED) is 0.650. The Hall–Kier alpha value is -2.83. The molecule has 1 fully saturated rings. The first-order chi connectivity index (χ1) is 14.7. The zero-order valence-corrected chi connectivity index (χ0v) is 17.7. The van der Waals surface area contributed by atoms with Crippen LogP contribution in [-0.2, 0) is 6.54 Å². The molecule has 1 aromatic carbocycles. The molecule has 0 bridgehead atoms. The number of pyridine rings is 1. The second-order valence-electron chi connectivity index (χ2n) is 8.09. The Labute approximate surface area is 178 Å². The third kappa shape index (κ3) is 5.20. The Kier molecular flexibility index (Phi) is 6.67. The van der Waals surface area contributed by atoms with E-state index in [4.69, 9.17) is 14.7 Å². The van der Waals surface area contributed by atoms with Gasteiger partial charge in [-0.3, -0.25) is 4.98 Å². The summed E-state index contributed by atoms with van der Waals surface area (Å²) in [7, 11) is 4.15. The van der Waals surface area contributed by atoms with Crippen LogP contribution in [0.15, 0.2) is 55.0 Å². The van der Waals surface area contributed by atoms with Gasteiger partial charge in [-0.25, -0.2) is 9.97 Å². The summed E-state index contributed by atoms with van der Waals surface area (Å²) in [5.41, 5.74) is 4.87. The topological polar surface area (TPSA) is 63.2 Å². The van der Waals surface area contributed by atoms with Crippen molar-refractivity contribution in [3.8, 4) is 28.4 Å². The minimum atomic E-state index is 0.569. The molecular weight excluding hydrogens is 374 g/mol. The minimum absolute atomic E-state index is 0.569. The molecule has 4 rings (SSSR count). The fraction of sp³-hybridized carbons (Fsp3) is 0.375. The number of piperidine rings is 1. The lowest BCUT2D eigenvalue weighted by molar-refractivity contribution is 0.208. The molecule has 2 aromatic heterocycles. The zero-order chi connectivity index (χ0) is 20.8. The van der Waals surface area contributed by atoms with Gasteiger partial charge in [0, 0.05) is 30.1 Å². The van der Waals surface area contributed by atoms with Gasteiger partial charge in [-0.2, -0.15) is 0 Å². The van der Waals surface area contributed by atoms with Crippen LogP contribution in [0.1, 0.15) is 18.4 Å². The first kappa shape index (κ1) is 20.4. The maximum atomic E-state index is 6.05.